The Bertz CT molecular complexity index is 665. The number of rotatable bonds is 5. The smallest absolute Gasteiger partial charge is 0.349 e. The van der Waals surface area contributed by atoms with Crippen LogP contribution in [-0.4, -0.2) is 17.9 Å². The highest BCUT2D eigenvalue weighted by Gasteiger charge is 2.31. The maximum atomic E-state index is 13.1. The van der Waals surface area contributed by atoms with E-state index in [4.69, 9.17) is 4.74 Å². The first-order valence-electron chi connectivity index (χ1n) is 6.94. The molecule has 1 unspecified atom stereocenters. The van der Waals surface area contributed by atoms with Crippen molar-refractivity contribution < 1.29 is 18.7 Å². The van der Waals surface area contributed by atoms with Gasteiger partial charge in [0.1, 0.15) is 10.7 Å². The molecule has 0 radical (unpaired) electrons. The first kappa shape index (κ1) is 14.7. The Kier molecular flexibility index (Phi) is 4.20. The fourth-order valence-corrected chi connectivity index (χ4v) is 2.58. The van der Waals surface area contributed by atoms with Crippen LogP contribution in [0, 0.1) is 5.82 Å². The first-order valence-corrected chi connectivity index (χ1v) is 7.82. The number of esters is 1. The number of amides is 1. The summed E-state index contributed by atoms with van der Waals surface area (Å²) in [4.78, 5) is 24.8. The summed E-state index contributed by atoms with van der Waals surface area (Å²) in [7, 11) is 0. The molecule has 4 nitrogen and oxygen atoms in total. The molecule has 0 aliphatic heterocycles. The van der Waals surface area contributed by atoms with Gasteiger partial charge in [-0.15, -0.1) is 11.3 Å². The number of halogens is 1. The molecule has 1 aliphatic carbocycles. The van der Waals surface area contributed by atoms with Crippen LogP contribution in [0.4, 0.5) is 4.39 Å². The van der Waals surface area contributed by atoms with E-state index in [9.17, 15) is 14.0 Å². The zero-order chi connectivity index (χ0) is 15.5. The highest BCUT2D eigenvalue weighted by Crippen LogP contribution is 2.25. The second kappa shape index (κ2) is 6.27. The Morgan fingerprint density at radius 2 is 1.95 bits per heavy atom. The van der Waals surface area contributed by atoms with Crippen LogP contribution in [0.5, 0.6) is 0 Å². The molecule has 1 N–H and O–H groups in total. The van der Waals surface area contributed by atoms with Gasteiger partial charge in [0.25, 0.3) is 5.91 Å². The van der Waals surface area contributed by atoms with Crippen LogP contribution < -0.4 is 5.32 Å². The number of benzene rings is 1. The summed E-state index contributed by atoms with van der Waals surface area (Å²) in [6.45, 7) is 0. The minimum atomic E-state index is -1.07. The molecule has 22 heavy (non-hydrogen) atoms. The quantitative estimate of drug-likeness (QED) is 0.862. The number of carbonyl (C=O) groups excluding carboxylic acids is 2. The van der Waals surface area contributed by atoms with E-state index in [1.807, 2.05) is 0 Å². The second-order valence-corrected chi connectivity index (χ2v) is 6.04. The van der Waals surface area contributed by atoms with Crippen molar-refractivity contribution in [3.63, 3.8) is 0 Å². The molecule has 1 aliphatic rings. The average molecular weight is 319 g/mol. The lowest BCUT2D eigenvalue weighted by molar-refractivity contribution is -0.130. The van der Waals surface area contributed by atoms with Crippen molar-refractivity contribution in [2.45, 2.75) is 25.0 Å². The van der Waals surface area contributed by atoms with Crippen LogP contribution in [0.2, 0.25) is 0 Å². The van der Waals surface area contributed by atoms with Crippen LogP contribution >= 0.6 is 11.3 Å². The fraction of sp³-hybridized carbons (Fsp3) is 0.250. The summed E-state index contributed by atoms with van der Waals surface area (Å²) in [5.41, 5.74) is 0.449. The van der Waals surface area contributed by atoms with Crippen molar-refractivity contribution in [2.24, 2.45) is 0 Å². The maximum absolute atomic E-state index is 13.1. The van der Waals surface area contributed by atoms with E-state index in [-0.39, 0.29) is 11.9 Å². The van der Waals surface area contributed by atoms with Gasteiger partial charge in [-0.3, -0.25) is 4.79 Å². The highest BCUT2D eigenvalue weighted by molar-refractivity contribution is 7.11. The molecule has 0 saturated heterocycles. The van der Waals surface area contributed by atoms with Gasteiger partial charge in [0.2, 0.25) is 6.10 Å². The lowest BCUT2D eigenvalue weighted by atomic mass is 10.1. The fourth-order valence-electron chi connectivity index (χ4n) is 1.97. The number of thiophene rings is 1. The van der Waals surface area contributed by atoms with Gasteiger partial charge < -0.3 is 10.1 Å². The topological polar surface area (TPSA) is 55.4 Å². The van der Waals surface area contributed by atoms with Gasteiger partial charge in [-0.25, -0.2) is 9.18 Å². The summed E-state index contributed by atoms with van der Waals surface area (Å²) in [5.74, 6) is -1.34. The van der Waals surface area contributed by atoms with E-state index in [2.05, 4.69) is 5.32 Å². The van der Waals surface area contributed by atoms with Crippen molar-refractivity contribution in [3.8, 4) is 0 Å². The van der Waals surface area contributed by atoms with E-state index in [1.165, 1.54) is 35.6 Å². The summed E-state index contributed by atoms with van der Waals surface area (Å²) >= 11 is 1.24. The minimum Gasteiger partial charge on any atom is -0.443 e. The Morgan fingerprint density at radius 3 is 2.55 bits per heavy atom. The Morgan fingerprint density at radius 1 is 1.23 bits per heavy atom. The zero-order valence-corrected chi connectivity index (χ0v) is 12.4. The van der Waals surface area contributed by atoms with Crippen molar-refractivity contribution in [1.82, 2.24) is 5.32 Å². The van der Waals surface area contributed by atoms with Crippen LogP contribution in [0.25, 0.3) is 0 Å². The summed E-state index contributed by atoms with van der Waals surface area (Å²) in [5, 5.41) is 4.57. The number of nitrogens with one attached hydrogen (secondary N) is 1. The number of carbonyl (C=O) groups is 2. The van der Waals surface area contributed by atoms with Gasteiger partial charge in [-0.2, -0.15) is 0 Å². The first-order chi connectivity index (χ1) is 10.6. The van der Waals surface area contributed by atoms with Gasteiger partial charge >= 0.3 is 5.97 Å². The van der Waals surface area contributed by atoms with E-state index >= 15 is 0 Å². The molecule has 1 aromatic heterocycles. The van der Waals surface area contributed by atoms with Gasteiger partial charge in [0.15, 0.2) is 0 Å². The van der Waals surface area contributed by atoms with Gasteiger partial charge in [-0.05, 0) is 36.4 Å². The van der Waals surface area contributed by atoms with Crippen LogP contribution in [0.15, 0.2) is 41.8 Å². The van der Waals surface area contributed by atoms with Gasteiger partial charge in [0.05, 0.1) is 0 Å². The van der Waals surface area contributed by atoms with E-state index in [1.54, 1.807) is 17.5 Å². The largest absolute Gasteiger partial charge is 0.443 e. The molecule has 3 rings (SSSR count). The zero-order valence-electron chi connectivity index (χ0n) is 11.6. The predicted molar refractivity (Wildman–Crippen MR) is 80.0 cm³/mol. The average Bonchev–Trinajstić information content (AvgIpc) is 3.15. The van der Waals surface area contributed by atoms with Gasteiger partial charge in [-0.1, -0.05) is 18.2 Å². The maximum Gasteiger partial charge on any atom is 0.349 e. The molecular formula is C16H14FNO3S. The predicted octanol–water partition coefficient (Wildman–Crippen LogP) is 3.06. The summed E-state index contributed by atoms with van der Waals surface area (Å²) in [6.07, 6.45) is 0.789. The molecule has 1 amide bonds. The third-order valence-corrected chi connectivity index (χ3v) is 4.13. The SMILES string of the molecule is O=C(OC(C(=O)NC1CC1)c1ccc(F)cc1)c1cccs1. The molecule has 1 saturated carbocycles. The second-order valence-electron chi connectivity index (χ2n) is 5.10. The Labute approximate surface area is 130 Å². The monoisotopic (exact) mass is 319 g/mol. The number of ether oxygens (including phenoxy) is 1. The normalized spacial score (nSPS) is 15.1. The van der Waals surface area contributed by atoms with Crippen molar-refractivity contribution in [2.75, 3.05) is 0 Å². The highest BCUT2D eigenvalue weighted by atomic mass is 32.1. The molecule has 114 valence electrons. The van der Waals surface area contributed by atoms with Gasteiger partial charge in [0, 0.05) is 11.6 Å². The molecule has 1 aromatic carbocycles. The summed E-state index contributed by atoms with van der Waals surface area (Å²) < 4.78 is 18.4. The molecule has 1 fully saturated rings. The lowest BCUT2D eigenvalue weighted by Crippen LogP contribution is -2.33. The van der Waals surface area contributed by atoms with E-state index in [0.29, 0.717) is 10.4 Å². The summed E-state index contributed by atoms with van der Waals surface area (Å²) in [6, 6.07) is 8.90. The van der Waals surface area contributed by atoms with Crippen molar-refractivity contribution >= 4 is 23.2 Å². The molecule has 6 heteroatoms. The Balaban J connectivity index is 1.80. The van der Waals surface area contributed by atoms with Crippen LogP contribution in [0.3, 0.4) is 0 Å². The number of hydrogen-bond donors (Lipinski definition) is 1. The van der Waals surface area contributed by atoms with Crippen LogP contribution in [0.1, 0.15) is 34.2 Å². The van der Waals surface area contributed by atoms with Crippen molar-refractivity contribution in [1.29, 1.82) is 0 Å². The molecule has 1 atom stereocenters. The number of hydrogen-bond acceptors (Lipinski definition) is 4. The third kappa shape index (κ3) is 3.51. The standard InChI is InChI=1S/C16H14FNO3S/c17-11-5-3-10(4-6-11)14(15(19)18-12-7-8-12)21-16(20)13-2-1-9-22-13/h1-6,9,12,14H,7-8H2,(H,18,19). The Hall–Kier alpha value is -2.21. The van der Waals surface area contributed by atoms with E-state index in [0.717, 1.165) is 12.8 Å². The molecular weight excluding hydrogens is 305 g/mol. The minimum absolute atomic E-state index is 0.149. The molecule has 0 spiro atoms. The van der Waals surface area contributed by atoms with E-state index < -0.39 is 17.9 Å². The van der Waals surface area contributed by atoms with Crippen LogP contribution in [-0.2, 0) is 9.53 Å². The van der Waals surface area contributed by atoms with Crippen molar-refractivity contribution in [3.05, 3.63) is 58.0 Å². The molecule has 0 bridgehead atoms. The molecule has 2 aromatic rings. The molecule has 1 heterocycles. The third-order valence-electron chi connectivity index (χ3n) is 3.28. The lowest BCUT2D eigenvalue weighted by Gasteiger charge is -2.17.